The normalized spacial score (nSPS) is 27.8. The predicted molar refractivity (Wildman–Crippen MR) is 83.3 cm³/mol. The number of hydrogen-bond acceptors (Lipinski definition) is 4. The molecule has 3 N–H and O–H groups in total. The summed E-state index contributed by atoms with van der Waals surface area (Å²) >= 11 is 0. The Hall–Kier alpha value is -1.75. The number of nitrogens with zero attached hydrogens (tertiary/aromatic N) is 2. The molecule has 0 aromatic heterocycles. The quantitative estimate of drug-likeness (QED) is 0.802. The summed E-state index contributed by atoms with van der Waals surface area (Å²) in [6.45, 7) is 1.41. The van der Waals surface area contributed by atoms with Crippen LogP contribution in [0.15, 0.2) is 18.2 Å². The lowest BCUT2D eigenvalue weighted by Crippen LogP contribution is -2.32. The van der Waals surface area contributed by atoms with Crippen molar-refractivity contribution < 1.29 is 9.90 Å². The van der Waals surface area contributed by atoms with Crippen LogP contribution in [-0.4, -0.2) is 49.2 Å². The van der Waals surface area contributed by atoms with Crippen LogP contribution in [0, 0.1) is 11.8 Å². The molecule has 1 saturated carbocycles. The fourth-order valence-electron chi connectivity index (χ4n) is 3.69. The number of aliphatic hydroxyl groups excluding tert-OH is 1. The van der Waals surface area contributed by atoms with Gasteiger partial charge in [0, 0.05) is 44.5 Å². The summed E-state index contributed by atoms with van der Waals surface area (Å²) in [4.78, 5) is 16.6. The molecule has 5 nitrogen and oxygen atoms in total. The van der Waals surface area contributed by atoms with Crippen molar-refractivity contribution in [2.75, 3.05) is 37.8 Å². The minimum absolute atomic E-state index is 0.0209. The molecule has 1 aromatic rings. The van der Waals surface area contributed by atoms with Crippen LogP contribution in [0.4, 0.5) is 11.4 Å². The van der Waals surface area contributed by atoms with Gasteiger partial charge in [0.05, 0.1) is 11.7 Å². The lowest BCUT2D eigenvalue weighted by Gasteiger charge is -2.23. The molecular weight excluding hydrogens is 266 g/mol. The number of anilines is 2. The van der Waals surface area contributed by atoms with E-state index < -0.39 is 0 Å². The molecule has 21 heavy (non-hydrogen) atoms. The molecular formula is C16H23N3O2. The molecule has 1 aromatic carbocycles. The van der Waals surface area contributed by atoms with Crippen molar-refractivity contribution in [1.82, 2.24) is 4.90 Å². The standard InChI is InChI=1S/C16H23N3O2/c1-18(2)14-5-4-11(17)7-12(14)16(21)19-8-10-3-6-15(20)13(10)9-19/h4-5,7,10,13,15,20H,3,6,8-9,17H2,1-2H3. The summed E-state index contributed by atoms with van der Waals surface area (Å²) in [5, 5.41) is 9.99. The van der Waals surface area contributed by atoms with Crippen LogP contribution >= 0.6 is 0 Å². The smallest absolute Gasteiger partial charge is 0.256 e. The second-order valence-electron chi connectivity index (χ2n) is 6.45. The zero-order valence-corrected chi connectivity index (χ0v) is 12.6. The zero-order chi connectivity index (χ0) is 15.1. The van der Waals surface area contributed by atoms with Crippen molar-refractivity contribution in [2.24, 2.45) is 11.8 Å². The van der Waals surface area contributed by atoms with Crippen LogP contribution in [0.5, 0.6) is 0 Å². The van der Waals surface area contributed by atoms with Crippen LogP contribution < -0.4 is 10.6 Å². The van der Waals surface area contributed by atoms with Gasteiger partial charge in [-0.3, -0.25) is 4.79 Å². The number of benzene rings is 1. The number of aliphatic hydroxyl groups is 1. The number of amides is 1. The Morgan fingerprint density at radius 3 is 2.76 bits per heavy atom. The summed E-state index contributed by atoms with van der Waals surface area (Å²) < 4.78 is 0. The van der Waals surface area contributed by atoms with Gasteiger partial charge in [-0.15, -0.1) is 0 Å². The first-order chi connectivity index (χ1) is 9.97. The van der Waals surface area contributed by atoms with Crippen molar-refractivity contribution >= 4 is 17.3 Å². The number of nitrogen functional groups attached to an aromatic ring is 1. The molecule has 1 heterocycles. The number of carbonyl (C=O) groups excluding carboxylic acids is 1. The molecule has 5 heteroatoms. The first kappa shape index (κ1) is 14.2. The Morgan fingerprint density at radius 1 is 1.33 bits per heavy atom. The minimum Gasteiger partial charge on any atom is -0.399 e. The Kier molecular flexibility index (Phi) is 3.53. The van der Waals surface area contributed by atoms with Crippen molar-refractivity contribution in [1.29, 1.82) is 0 Å². The molecule has 1 aliphatic carbocycles. The molecule has 0 spiro atoms. The number of rotatable bonds is 2. The number of likely N-dealkylation sites (tertiary alicyclic amines) is 1. The van der Waals surface area contributed by atoms with Gasteiger partial charge in [-0.2, -0.15) is 0 Å². The van der Waals surface area contributed by atoms with Crippen LogP contribution in [0.25, 0.3) is 0 Å². The van der Waals surface area contributed by atoms with Crippen molar-refractivity contribution in [3.05, 3.63) is 23.8 Å². The highest BCUT2D eigenvalue weighted by molar-refractivity contribution is 6.00. The van der Waals surface area contributed by atoms with Gasteiger partial charge in [-0.05, 0) is 37.0 Å². The predicted octanol–water partition coefficient (Wildman–Crippen LogP) is 1.18. The largest absolute Gasteiger partial charge is 0.399 e. The second kappa shape index (κ2) is 5.22. The van der Waals surface area contributed by atoms with Gasteiger partial charge in [0.1, 0.15) is 0 Å². The fourth-order valence-corrected chi connectivity index (χ4v) is 3.69. The van der Waals surface area contributed by atoms with Gasteiger partial charge in [-0.1, -0.05) is 0 Å². The fraction of sp³-hybridized carbons (Fsp3) is 0.562. The summed E-state index contributed by atoms with van der Waals surface area (Å²) in [7, 11) is 3.84. The Labute approximate surface area is 125 Å². The highest BCUT2D eigenvalue weighted by Gasteiger charge is 2.43. The van der Waals surface area contributed by atoms with Gasteiger partial charge < -0.3 is 20.6 Å². The summed E-state index contributed by atoms with van der Waals surface area (Å²) in [5.41, 5.74) is 7.98. The molecule has 0 radical (unpaired) electrons. The Morgan fingerprint density at radius 2 is 2.10 bits per heavy atom. The maximum Gasteiger partial charge on any atom is 0.256 e. The maximum absolute atomic E-state index is 12.8. The van der Waals surface area contributed by atoms with Crippen molar-refractivity contribution in [3.8, 4) is 0 Å². The molecule has 3 rings (SSSR count). The highest BCUT2D eigenvalue weighted by atomic mass is 16.3. The summed E-state index contributed by atoms with van der Waals surface area (Å²) in [5.74, 6) is 0.721. The number of fused-ring (bicyclic) bond motifs is 1. The molecule has 3 atom stereocenters. The molecule has 3 unspecified atom stereocenters. The monoisotopic (exact) mass is 289 g/mol. The maximum atomic E-state index is 12.8. The number of carbonyl (C=O) groups is 1. The van der Waals surface area contributed by atoms with E-state index in [0.717, 1.165) is 25.1 Å². The lowest BCUT2D eigenvalue weighted by atomic mass is 10.00. The molecule has 2 aliphatic rings. The minimum atomic E-state index is -0.248. The van der Waals surface area contributed by atoms with E-state index in [-0.39, 0.29) is 17.9 Å². The SMILES string of the molecule is CN(C)c1ccc(N)cc1C(=O)N1CC2CCC(O)C2C1. The second-order valence-corrected chi connectivity index (χ2v) is 6.45. The van der Waals surface area contributed by atoms with E-state index in [9.17, 15) is 9.90 Å². The van der Waals surface area contributed by atoms with Crippen LogP contribution in [-0.2, 0) is 0 Å². The average molecular weight is 289 g/mol. The van der Waals surface area contributed by atoms with E-state index in [1.54, 1.807) is 6.07 Å². The first-order valence-electron chi connectivity index (χ1n) is 7.51. The van der Waals surface area contributed by atoms with Crippen molar-refractivity contribution in [3.63, 3.8) is 0 Å². The summed E-state index contributed by atoms with van der Waals surface area (Å²) in [6.07, 6.45) is 1.65. The van der Waals surface area contributed by atoms with E-state index >= 15 is 0 Å². The Bertz CT molecular complexity index is 558. The van der Waals surface area contributed by atoms with E-state index in [0.29, 0.717) is 23.7 Å². The van der Waals surface area contributed by atoms with E-state index in [1.807, 2.05) is 36.0 Å². The molecule has 1 aliphatic heterocycles. The van der Waals surface area contributed by atoms with Crippen LogP contribution in [0.2, 0.25) is 0 Å². The van der Waals surface area contributed by atoms with Gasteiger partial charge in [0.2, 0.25) is 0 Å². The third kappa shape index (κ3) is 2.46. The summed E-state index contributed by atoms with van der Waals surface area (Å²) in [6, 6.07) is 5.45. The van der Waals surface area contributed by atoms with Gasteiger partial charge in [0.25, 0.3) is 5.91 Å². The topological polar surface area (TPSA) is 69.8 Å². The third-order valence-corrected chi connectivity index (χ3v) is 4.84. The first-order valence-corrected chi connectivity index (χ1v) is 7.51. The third-order valence-electron chi connectivity index (χ3n) is 4.84. The van der Waals surface area contributed by atoms with E-state index in [1.165, 1.54) is 0 Å². The highest BCUT2D eigenvalue weighted by Crippen LogP contribution is 2.39. The molecule has 1 saturated heterocycles. The van der Waals surface area contributed by atoms with Gasteiger partial charge >= 0.3 is 0 Å². The molecule has 1 amide bonds. The molecule has 2 fully saturated rings. The average Bonchev–Trinajstić information content (AvgIpc) is 3.00. The van der Waals surface area contributed by atoms with Gasteiger partial charge in [0.15, 0.2) is 0 Å². The molecule has 114 valence electrons. The zero-order valence-electron chi connectivity index (χ0n) is 12.6. The van der Waals surface area contributed by atoms with Crippen molar-refractivity contribution in [2.45, 2.75) is 18.9 Å². The number of nitrogens with two attached hydrogens (primary N) is 1. The van der Waals surface area contributed by atoms with E-state index in [4.69, 9.17) is 5.73 Å². The van der Waals surface area contributed by atoms with Crippen LogP contribution in [0.3, 0.4) is 0 Å². The van der Waals surface area contributed by atoms with E-state index in [2.05, 4.69) is 0 Å². The lowest BCUT2D eigenvalue weighted by molar-refractivity contribution is 0.0753. The van der Waals surface area contributed by atoms with Gasteiger partial charge in [-0.25, -0.2) is 0 Å². The molecule has 0 bridgehead atoms. The number of hydrogen-bond donors (Lipinski definition) is 2. The van der Waals surface area contributed by atoms with Crippen LogP contribution in [0.1, 0.15) is 23.2 Å². The Balaban J connectivity index is 1.85.